The number of aryl methyl sites for hydroxylation is 1. The van der Waals surface area contributed by atoms with E-state index in [1.807, 2.05) is 25.1 Å². The molecule has 78 valence electrons. The number of nitrogens with zero attached hydrogens (tertiary/aromatic N) is 1. The number of benzene rings is 1. The summed E-state index contributed by atoms with van der Waals surface area (Å²) in [7, 11) is 0. The van der Waals surface area contributed by atoms with Crippen molar-refractivity contribution in [2.75, 3.05) is 5.73 Å². The minimum atomic E-state index is -0.330. The average Bonchev–Trinajstić information content (AvgIpc) is 2.16. The number of nitrogen functional groups attached to an aromatic ring is 1. The van der Waals surface area contributed by atoms with Crippen LogP contribution in [0.3, 0.4) is 0 Å². The normalized spacial score (nSPS) is 17.7. The summed E-state index contributed by atoms with van der Waals surface area (Å²) in [5.41, 5.74) is 8.39. The van der Waals surface area contributed by atoms with E-state index in [0.717, 1.165) is 36.1 Å². The molecule has 0 aromatic heterocycles. The summed E-state index contributed by atoms with van der Waals surface area (Å²) in [4.78, 5) is 14.4. The van der Waals surface area contributed by atoms with E-state index in [2.05, 4.69) is 4.99 Å². The van der Waals surface area contributed by atoms with E-state index in [1.54, 1.807) is 6.08 Å². The van der Waals surface area contributed by atoms with Gasteiger partial charge in [-0.25, -0.2) is 4.79 Å². The lowest BCUT2D eigenvalue weighted by Crippen LogP contribution is -2.31. The maximum atomic E-state index is 10.4. The van der Waals surface area contributed by atoms with Crippen LogP contribution in [0.5, 0.6) is 0 Å². The molecule has 1 saturated carbocycles. The molecule has 2 N–H and O–H groups in total. The Labute approximate surface area is 89.0 Å². The number of isocyanates is 1. The van der Waals surface area contributed by atoms with Crippen LogP contribution in [0, 0.1) is 6.92 Å². The molecular formula is C12H14N2O. The fraction of sp³-hybridized carbons (Fsp3) is 0.417. The zero-order valence-electron chi connectivity index (χ0n) is 8.79. The van der Waals surface area contributed by atoms with Crippen molar-refractivity contribution >= 4 is 11.8 Å². The van der Waals surface area contributed by atoms with Crippen LogP contribution < -0.4 is 5.73 Å². The lowest BCUT2D eigenvalue weighted by molar-refractivity contribution is 0.256. The first-order chi connectivity index (χ1) is 7.18. The molecule has 0 aliphatic heterocycles. The first-order valence-corrected chi connectivity index (χ1v) is 5.14. The van der Waals surface area contributed by atoms with Crippen molar-refractivity contribution in [1.29, 1.82) is 0 Å². The van der Waals surface area contributed by atoms with E-state index in [1.165, 1.54) is 0 Å². The van der Waals surface area contributed by atoms with Crippen LogP contribution in [-0.2, 0) is 10.3 Å². The van der Waals surface area contributed by atoms with Crippen molar-refractivity contribution in [3.8, 4) is 0 Å². The third-order valence-corrected chi connectivity index (χ3v) is 3.26. The zero-order chi connectivity index (χ0) is 10.9. The number of nitrogens with two attached hydrogens (primary N) is 1. The summed E-state index contributed by atoms with van der Waals surface area (Å²) >= 11 is 0. The van der Waals surface area contributed by atoms with Crippen LogP contribution in [-0.4, -0.2) is 6.08 Å². The van der Waals surface area contributed by atoms with Gasteiger partial charge in [0, 0.05) is 5.69 Å². The third-order valence-electron chi connectivity index (χ3n) is 3.26. The van der Waals surface area contributed by atoms with Gasteiger partial charge in [-0.15, -0.1) is 0 Å². The second-order valence-corrected chi connectivity index (χ2v) is 4.16. The Morgan fingerprint density at radius 3 is 2.67 bits per heavy atom. The van der Waals surface area contributed by atoms with Gasteiger partial charge in [-0.05, 0) is 43.4 Å². The van der Waals surface area contributed by atoms with Gasteiger partial charge in [0.2, 0.25) is 6.08 Å². The van der Waals surface area contributed by atoms with E-state index in [4.69, 9.17) is 5.73 Å². The molecule has 1 fully saturated rings. The van der Waals surface area contributed by atoms with Crippen LogP contribution >= 0.6 is 0 Å². The zero-order valence-corrected chi connectivity index (χ0v) is 8.79. The number of aliphatic imine (C=N–C) groups is 1. The molecule has 1 aromatic rings. The van der Waals surface area contributed by atoms with Crippen molar-refractivity contribution in [2.24, 2.45) is 4.99 Å². The molecule has 15 heavy (non-hydrogen) atoms. The van der Waals surface area contributed by atoms with E-state index < -0.39 is 0 Å². The highest BCUT2D eigenvalue weighted by Crippen LogP contribution is 2.45. The van der Waals surface area contributed by atoms with E-state index >= 15 is 0 Å². The maximum absolute atomic E-state index is 10.4. The van der Waals surface area contributed by atoms with Crippen molar-refractivity contribution in [3.05, 3.63) is 29.3 Å². The summed E-state index contributed by atoms with van der Waals surface area (Å²) in [5.74, 6) is 0. The molecule has 1 aromatic carbocycles. The topological polar surface area (TPSA) is 55.5 Å². The number of hydrogen-bond acceptors (Lipinski definition) is 3. The lowest BCUT2D eigenvalue weighted by Gasteiger charge is -2.37. The molecule has 1 aliphatic carbocycles. The van der Waals surface area contributed by atoms with Crippen molar-refractivity contribution in [1.82, 2.24) is 0 Å². The molecule has 0 amide bonds. The van der Waals surface area contributed by atoms with Gasteiger partial charge in [0.05, 0.1) is 5.54 Å². The van der Waals surface area contributed by atoms with Crippen LogP contribution in [0.4, 0.5) is 5.69 Å². The van der Waals surface area contributed by atoms with Gasteiger partial charge in [-0.3, -0.25) is 0 Å². The molecule has 0 bridgehead atoms. The number of carbonyl (C=O) groups excluding carboxylic acids is 1. The van der Waals surface area contributed by atoms with Crippen LogP contribution in [0.25, 0.3) is 0 Å². The standard InChI is InChI=1S/C12H14N2O/c1-9-3-4-10(7-11(9)13)12(14-8-15)5-2-6-12/h3-4,7H,2,5-6,13H2,1H3. The SMILES string of the molecule is Cc1ccc(C2(N=C=O)CCC2)cc1N. The molecule has 0 saturated heterocycles. The quantitative estimate of drug-likeness (QED) is 0.454. The largest absolute Gasteiger partial charge is 0.399 e. The van der Waals surface area contributed by atoms with Gasteiger partial charge in [0.25, 0.3) is 0 Å². The highest BCUT2D eigenvalue weighted by molar-refractivity contribution is 5.51. The fourth-order valence-electron chi connectivity index (χ4n) is 1.99. The molecule has 1 aliphatic rings. The van der Waals surface area contributed by atoms with Crippen LogP contribution in [0.15, 0.2) is 23.2 Å². The number of hydrogen-bond donors (Lipinski definition) is 1. The molecule has 0 spiro atoms. The lowest BCUT2D eigenvalue weighted by atomic mass is 9.72. The minimum absolute atomic E-state index is 0.330. The maximum Gasteiger partial charge on any atom is 0.235 e. The van der Waals surface area contributed by atoms with Crippen molar-refractivity contribution in [3.63, 3.8) is 0 Å². The van der Waals surface area contributed by atoms with E-state index in [0.29, 0.717) is 0 Å². The monoisotopic (exact) mass is 202 g/mol. The minimum Gasteiger partial charge on any atom is -0.399 e. The summed E-state index contributed by atoms with van der Waals surface area (Å²) in [6.07, 6.45) is 4.63. The molecule has 0 heterocycles. The highest BCUT2D eigenvalue weighted by Gasteiger charge is 2.38. The molecule has 0 unspecified atom stereocenters. The van der Waals surface area contributed by atoms with Gasteiger partial charge in [0.15, 0.2) is 0 Å². The number of rotatable bonds is 2. The van der Waals surface area contributed by atoms with Gasteiger partial charge in [-0.1, -0.05) is 12.1 Å². The first-order valence-electron chi connectivity index (χ1n) is 5.14. The molecular weight excluding hydrogens is 188 g/mol. The Morgan fingerprint density at radius 2 is 2.20 bits per heavy atom. The molecule has 0 atom stereocenters. The second-order valence-electron chi connectivity index (χ2n) is 4.16. The van der Waals surface area contributed by atoms with E-state index in [9.17, 15) is 4.79 Å². The summed E-state index contributed by atoms with van der Waals surface area (Å²) in [5, 5.41) is 0. The Hall–Kier alpha value is -1.60. The molecule has 2 rings (SSSR count). The smallest absolute Gasteiger partial charge is 0.235 e. The average molecular weight is 202 g/mol. The summed E-state index contributed by atoms with van der Waals surface area (Å²) in [6.45, 7) is 1.97. The predicted octanol–water partition coefficient (Wildman–Crippen LogP) is 2.29. The second kappa shape index (κ2) is 3.52. The Bertz CT molecular complexity index is 429. The summed E-state index contributed by atoms with van der Waals surface area (Å²) in [6, 6.07) is 5.91. The van der Waals surface area contributed by atoms with Gasteiger partial charge in [0.1, 0.15) is 0 Å². The molecule has 0 radical (unpaired) electrons. The Kier molecular flexibility index (Phi) is 2.33. The Morgan fingerprint density at radius 1 is 1.47 bits per heavy atom. The number of anilines is 1. The van der Waals surface area contributed by atoms with Crippen LogP contribution in [0.2, 0.25) is 0 Å². The van der Waals surface area contributed by atoms with Crippen molar-refractivity contribution in [2.45, 2.75) is 31.7 Å². The fourth-order valence-corrected chi connectivity index (χ4v) is 1.99. The highest BCUT2D eigenvalue weighted by atomic mass is 16.1. The molecule has 3 heteroatoms. The van der Waals surface area contributed by atoms with Gasteiger partial charge < -0.3 is 5.73 Å². The van der Waals surface area contributed by atoms with Gasteiger partial charge in [-0.2, -0.15) is 4.99 Å². The molecule has 3 nitrogen and oxygen atoms in total. The van der Waals surface area contributed by atoms with Crippen molar-refractivity contribution < 1.29 is 4.79 Å². The van der Waals surface area contributed by atoms with Gasteiger partial charge >= 0.3 is 0 Å². The first kappa shape index (κ1) is 9.94. The van der Waals surface area contributed by atoms with E-state index in [-0.39, 0.29) is 5.54 Å². The predicted molar refractivity (Wildman–Crippen MR) is 59.2 cm³/mol. The Balaban J connectivity index is 2.43. The third kappa shape index (κ3) is 1.55. The van der Waals surface area contributed by atoms with Crippen LogP contribution in [0.1, 0.15) is 30.4 Å². The summed E-state index contributed by atoms with van der Waals surface area (Å²) < 4.78 is 0.